The molecule has 0 saturated heterocycles. The van der Waals surface area contributed by atoms with E-state index in [1.165, 1.54) is 10.9 Å². The molecule has 0 bridgehead atoms. The molecule has 0 fully saturated rings. The Bertz CT molecular complexity index is 1060. The molecule has 0 unspecified atom stereocenters. The minimum Gasteiger partial charge on any atom is -0.422 e. The van der Waals surface area contributed by atoms with E-state index in [-0.39, 0.29) is 5.97 Å². The van der Waals surface area contributed by atoms with Crippen LogP contribution in [0.25, 0.3) is 22.6 Å². The van der Waals surface area contributed by atoms with Crippen molar-refractivity contribution in [3.05, 3.63) is 94.0 Å². The number of benzene rings is 3. The average Bonchev–Trinajstić information content (AvgIpc) is 2.97. The lowest BCUT2D eigenvalue weighted by atomic mass is 10.0. The van der Waals surface area contributed by atoms with Gasteiger partial charge in [-0.2, -0.15) is 0 Å². The van der Waals surface area contributed by atoms with Crippen molar-refractivity contribution in [2.24, 2.45) is 0 Å². The van der Waals surface area contributed by atoms with Gasteiger partial charge in [0.25, 0.3) is 0 Å². The van der Waals surface area contributed by atoms with Crippen molar-refractivity contribution in [3.8, 4) is 0 Å². The molecule has 1 aliphatic rings. The molecular formula is C22H15ClO2. The van der Waals surface area contributed by atoms with E-state index in [1.54, 1.807) is 18.2 Å². The minimum absolute atomic E-state index is 0.362. The van der Waals surface area contributed by atoms with Gasteiger partial charge in [-0.1, -0.05) is 65.7 Å². The van der Waals surface area contributed by atoms with E-state index in [4.69, 9.17) is 16.3 Å². The largest absolute Gasteiger partial charge is 0.422 e. The molecule has 3 aromatic rings. The van der Waals surface area contributed by atoms with Crippen molar-refractivity contribution in [2.45, 2.75) is 6.92 Å². The summed E-state index contributed by atoms with van der Waals surface area (Å²) >= 11 is 6.16. The van der Waals surface area contributed by atoms with Crippen LogP contribution in [0.1, 0.15) is 16.7 Å². The Balaban J connectivity index is 1.73. The lowest BCUT2D eigenvalue weighted by molar-refractivity contribution is -0.130. The number of ether oxygens (including phenoxy) is 1. The summed E-state index contributed by atoms with van der Waals surface area (Å²) in [5, 5.41) is 2.88. The molecule has 4 rings (SSSR count). The Morgan fingerprint density at radius 1 is 0.960 bits per heavy atom. The van der Waals surface area contributed by atoms with Crippen LogP contribution in [0.5, 0.6) is 0 Å². The van der Waals surface area contributed by atoms with Crippen LogP contribution in [0, 0.1) is 6.92 Å². The van der Waals surface area contributed by atoms with Crippen LogP contribution in [0.2, 0.25) is 5.02 Å². The molecule has 0 spiro atoms. The number of hydrogen-bond donors (Lipinski definition) is 0. The quantitative estimate of drug-likeness (QED) is 0.434. The highest BCUT2D eigenvalue weighted by Crippen LogP contribution is 2.30. The molecular weight excluding hydrogens is 332 g/mol. The first-order valence-corrected chi connectivity index (χ1v) is 8.39. The smallest absolute Gasteiger partial charge is 0.343 e. The van der Waals surface area contributed by atoms with E-state index >= 15 is 0 Å². The van der Waals surface area contributed by atoms with Crippen molar-refractivity contribution in [1.82, 2.24) is 0 Å². The highest BCUT2D eigenvalue weighted by Gasteiger charge is 2.22. The van der Waals surface area contributed by atoms with Gasteiger partial charge in [0, 0.05) is 10.6 Å². The maximum Gasteiger partial charge on any atom is 0.343 e. The van der Waals surface area contributed by atoms with Crippen LogP contribution in [-0.4, -0.2) is 5.97 Å². The molecule has 0 saturated carbocycles. The van der Waals surface area contributed by atoms with Crippen molar-refractivity contribution in [3.63, 3.8) is 0 Å². The Hall–Kier alpha value is -2.84. The zero-order valence-electron chi connectivity index (χ0n) is 13.6. The summed E-state index contributed by atoms with van der Waals surface area (Å²) in [7, 11) is 0. The summed E-state index contributed by atoms with van der Waals surface area (Å²) in [6.45, 7) is 2.07. The molecule has 1 heterocycles. The molecule has 3 heteroatoms. The number of halogens is 1. The molecule has 25 heavy (non-hydrogen) atoms. The van der Waals surface area contributed by atoms with Crippen molar-refractivity contribution in [2.75, 3.05) is 0 Å². The molecule has 0 radical (unpaired) electrons. The molecule has 0 amide bonds. The number of esters is 1. The van der Waals surface area contributed by atoms with Crippen molar-refractivity contribution < 1.29 is 9.53 Å². The van der Waals surface area contributed by atoms with Crippen LogP contribution in [0.15, 0.2) is 72.3 Å². The maximum absolute atomic E-state index is 12.2. The van der Waals surface area contributed by atoms with Gasteiger partial charge in [-0.15, -0.1) is 0 Å². The van der Waals surface area contributed by atoms with Crippen LogP contribution in [0.3, 0.4) is 0 Å². The third kappa shape index (κ3) is 3.09. The number of carbonyl (C=O) groups is 1. The second-order valence-corrected chi connectivity index (χ2v) is 6.49. The van der Waals surface area contributed by atoms with Crippen LogP contribution in [0.4, 0.5) is 0 Å². The van der Waals surface area contributed by atoms with Gasteiger partial charge in [0.1, 0.15) is 5.76 Å². The van der Waals surface area contributed by atoms with Crippen molar-refractivity contribution >= 4 is 40.2 Å². The first-order valence-electron chi connectivity index (χ1n) is 8.01. The molecule has 2 nitrogen and oxygen atoms in total. The van der Waals surface area contributed by atoms with Crippen LogP contribution >= 0.6 is 11.6 Å². The van der Waals surface area contributed by atoms with Crippen LogP contribution < -0.4 is 0 Å². The molecule has 3 aromatic carbocycles. The Morgan fingerprint density at radius 3 is 2.56 bits per heavy atom. The number of hydrogen-bond acceptors (Lipinski definition) is 2. The number of aryl methyl sites for hydroxylation is 1. The fraction of sp³-hybridized carbons (Fsp3) is 0.0455. The Morgan fingerprint density at radius 2 is 1.72 bits per heavy atom. The highest BCUT2D eigenvalue weighted by atomic mass is 35.5. The average molecular weight is 347 g/mol. The molecule has 1 aliphatic heterocycles. The van der Waals surface area contributed by atoms with E-state index in [2.05, 4.69) is 25.1 Å². The predicted molar refractivity (Wildman–Crippen MR) is 102 cm³/mol. The van der Waals surface area contributed by atoms with E-state index in [0.29, 0.717) is 16.4 Å². The van der Waals surface area contributed by atoms with E-state index in [9.17, 15) is 4.79 Å². The van der Waals surface area contributed by atoms with Gasteiger partial charge in [-0.05, 0) is 47.5 Å². The lowest BCUT2D eigenvalue weighted by Crippen LogP contribution is -1.97. The number of carbonyl (C=O) groups excluding carboxylic acids is 1. The van der Waals surface area contributed by atoms with Gasteiger partial charge < -0.3 is 4.74 Å². The first-order chi connectivity index (χ1) is 12.1. The minimum atomic E-state index is -0.362. The Kier molecular flexibility index (Phi) is 3.90. The first kappa shape index (κ1) is 15.7. The maximum atomic E-state index is 12.2. The third-order valence-electron chi connectivity index (χ3n) is 4.22. The van der Waals surface area contributed by atoms with Crippen LogP contribution in [-0.2, 0) is 9.53 Å². The highest BCUT2D eigenvalue weighted by molar-refractivity contribution is 6.32. The molecule has 0 atom stereocenters. The molecule has 0 aliphatic carbocycles. The van der Waals surface area contributed by atoms with E-state index in [0.717, 1.165) is 16.5 Å². The third-order valence-corrected chi connectivity index (χ3v) is 4.57. The molecule has 0 N–H and O–H groups in total. The number of rotatable bonds is 2. The topological polar surface area (TPSA) is 26.3 Å². The summed E-state index contributed by atoms with van der Waals surface area (Å²) in [6.07, 6.45) is 3.52. The summed E-state index contributed by atoms with van der Waals surface area (Å²) in [4.78, 5) is 12.2. The summed E-state index contributed by atoms with van der Waals surface area (Å²) in [5.74, 6) is 0.199. The van der Waals surface area contributed by atoms with E-state index in [1.807, 2.05) is 36.4 Å². The van der Waals surface area contributed by atoms with Gasteiger partial charge in [0.05, 0.1) is 5.57 Å². The second kappa shape index (κ2) is 6.23. The zero-order chi connectivity index (χ0) is 17.4. The zero-order valence-corrected chi connectivity index (χ0v) is 14.4. The summed E-state index contributed by atoms with van der Waals surface area (Å²) < 4.78 is 5.46. The van der Waals surface area contributed by atoms with Gasteiger partial charge in [-0.25, -0.2) is 4.79 Å². The van der Waals surface area contributed by atoms with Gasteiger partial charge >= 0.3 is 5.97 Å². The summed E-state index contributed by atoms with van der Waals surface area (Å²) in [6, 6.07) is 19.7. The second-order valence-electron chi connectivity index (χ2n) is 6.08. The van der Waals surface area contributed by atoms with Gasteiger partial charge in [0.2, 0.25) is 0 Å². The Labute approximate surface area is 151 Å². The van der Waals surface area contributed by atoms with Gasteiger partial charge in [0.15, 0.2) is 0 Å². The van der Waals surface area contributed by atoms with E-state index < -0.39 is 0 Å². The van der Waals surface area contributed by atoms with Gasteiger partial charge in [-0.3, -0.25) is 0 Å². The predicted octanol–water partition coefficient (Wildman–Crippen LogP) is 5.78. The fourth-order valence-corrected chi connectivity index (χ4v) is 3.10. The number of cyclic esters (lactones) is 1. The van der Waals surface area contributed by atoms with Crippen molar-refractivity contribution in [1.29, 1.82) is 0 Å². The number of fused-ring (bicyclic) bond motifs is 1. The monoisotopic (exact) mass is 346 g/mol. The fourth-order valence-electron chi connectivity index (χ4n) is 2.91. The molecule has 0 aromatic heterocycles. The lowest BCUT2D eigenvalue weighted by Gasteiger charge is -2.05. The summed E-state index contributed by atoms with van der Waals surface area (Å²) in [5.41, 5.74) is 3.39. The standard InChI is InChI=1S/C22H15ClO2/c1-14-6-7-16-11-18(9-8-15(16)10-14)21-13-19(22(24)25-21)12-17-4-2-3-5-20(17)23/h2-13H,1H3. The molecule has 122 valence electrons. The SMILES string of the molecule is Cc1ccc2cc(C3=CC(=Cc4ccccc4Cl)C(=O)O3)ccc2c1. The normalized spacial score (nSPS) is 15.5.